The van der Waals surface area contributed by atoms with Crippen LogP contribution in [0.2, 0.25) is 0 Å². The molecule has 0 spiro atoms. The summed E-state index contributed by atoms with van der Waals surface area (Å²) in [6.45, 7) is 0. The van der Waals surface area contributed by atoms with Gasteiger partial charge < -0.3 is 9.05 Å². The first kappa shape index (κ1) is 16.5. The molecule has 0 aliphatic carbocycles. The molecule has 14 heavy (non-hydrogen) atoms. The Labute approximate surface area is 81.6 Å². The summed E-state index contributed by atoms with van der Waals surface area (Å²) in [5.74, 6) is 0. The lowest BCUT2D eigenvalue weighted by molar-refractivity contribution is -0.0526. The third-order valence-corrected chi connectivity index (χ3v) is 2.01. The Morgan fingerprint density at radius 2 is 1.43 bits per heavy atom. The lowest BCUT2D eigenvalue weighted by Gasteiger charge is -2.02. The quantitative estimate of drug-likeness (QED) is 0.433. The van der Waals surface area contributed by atoms with Gasteiger partial charge in [0.2, 0.25) is 0 Å². The van der Waals surface area contributed by atoms with Crippen LogP contribution >= 0.6 is 9.03 Å². The van der Waals surface area contributed by atoms with Crippen molar-refractivity contribution in [1.29, 1.82) is 0 Å². The Morgan fingerprint density at radius 1 is 1.07 bits per heavy atom. The van der Waals surface area contributed by atoms with Crippen LogP contribution in [0, 0.1) is 0 Å². The molecular formula is C4H10F3O5PS. The molecular weight excluding hydrogens is 248 g/mol. The summed E-state index contributed by atoms with van der Waals surface area (Å²) in [6.07, 6.45) is 0. The van der Waals surface area contributed by atoms with Crippen molar-refractivity contribution in [2.45, 2.75) is 5.51 Å². The molecule has 0 rings (SSSR count). The Kier molecular flexibility index (Phi) is 8.66. The molecule has 0 N–H and O–H groups in total. The molecule has 0 bridgehead atoms. The highest BCUT2D eigenvalue weighted by Crippen LogP contribution is 2.23. The van der Waals surface area contributed by atoms with Crippen molar-refractivity contribution in [2.75, 3.05) is 21.3 Å². The van der Waals surface area contributed by atoms with Crippen molar-refractivity contribution in [3.8, 4) is 0 Å². The molecule has 10 heteroatoms. The molecule has 0 aromatic heterocycles. The molecule has 0 aliphatic heterocycles. The van der Waals surface area contributed by atoms with Crippen LogP contribution in [0.15, 0.2) is 0 Å². The lowest BCUT2D eigenvalue weighted by atomic mass is 11.6. The zero-order valence-electron chi connectivity index (χ0n) is 7.58. The van der Waals surface area contributed by atoms with Crippen LogP contribution in [0.1, 0.15) is 0 Å². The highest BCUT2D eigenvalue weighted by Gasteiger charge is 2.46. The Hall–Kier alpha value is 0.0500. The fourth-order valence-corrected chi connectivity index (χ4v) is 0.533. The van der Waals surface area contributed by atoms with Gasteiger partial charge in [-0.25, -0.2) is 0 Å². The Morgan fingerprint density at radius 3 is 1.43 bits per heavy atom. The molecule has 0 atom stereocenters. The first-order chi connectivity index (χ1) is 6.22. The number of hydrogen-bond donors (Lipinski definition) is 0. The second-order valence-corrected chi connectivity index (χ2v) is 4.25. The minimum atomic E-state index is -5.34. The van der Waals surface area contributed by atoms with E-state index in [2.05, 4.69) is 13.2 Å². The Balaban J connectivity index is 0. The average molecular weight is 258 g/mol. The van der Waals surface area contributed by atoms with Crippen molar-refractivity contribution in [2.24, 2.45) is 0 Å². The van der Waals surface area contributed by atoms with Crippen LogP contribution in [0.5, 0.6) is 0 Å². The molecule has 0 saturated carbocycles. The molecule has 5 nitrogen and oxygen atoms in total. The summed E-state index contributed by atoms with van der Waals surface area (Å²) in [6, 6.07) is 0. The molecule has 0 aromatic rings. The molecule has 0 fully saturated rings. The van der Waals surface area contributed by atoms with Crippen LogP contribution in [-0.4, -0.2) is 35.3 Å². The lowest BCUT2D eigenvalue weighted by Crippen LogP contribution is -2.23. The van der Waals surface area contributed by atoms with Crippen molar-refractivity contribution >= 4 is 19.2 Å². The van der Waals surface area contributed by atoms with Crippen LogP contribution in [0.3, 0.4) is 0 Å². The summed E-state index contributed by atoms with van der Waals surface area (Å²) in [7, 11) is -1.49. The largest absolute Gasteiger partial charge is 0.523 e. The van der Waals surface area contributed by atoms with Gasteiger partial charge >= 0.3 is 15.6 Å². The smallest absolute Gasteiger partial charge is 0.340 e. The second kappa shape index (κ2) is 7.36. The number of halogens is 3. The van der Waals surface area contributed by atoms with Gasteiger partial charge in [-0.15, -0.1) is 0 Å². The monoisotopic (exact) mass is 258 g/mol. The van der Waals surface area contributed by atoms with Crippen molar-refractivity contribution in [3.05, 3.63) is 0 Å². The van der Waals surface area contributed by atoms with Gasteiger partial charge in [-0.05, 0) is 0 Å². The van der Waals surface area contributed by atoms with Crippen LogP contribution in [0.4, 0.5) is 13.2 Å². The van der Waals surface area contributed by atoms with Gasteiger partial charge in [0, 0.05) is 14.2 Å². The molecule has 0 unspecified atom stereocenters. The minimum absolute atomic E-state index is 0.198. The highest BCUT2D eigenvalue weighted by atomic mass is 32.2. The fourth-order valence-electron chi connectivity index (χ4n) is 0.178. The predicted octanol–water partition coefficient (Wildman–Crippen LogP) is 1.27. The second-order valence-electron chi connectivity index (χ2n) is 1.56. The highest BCUT2D eigenvalue weighted by molar-refractivity contribution is 7.87. The maximum absolute atomic E-state index is 11.1. The van der Waals surface area contributed by atoms with Crippen LogP contribution < -0.4 is 0 Å². The van der Waals surface area contributed by atoms with E-state index in [1.54, 1.807) is 14.2 Å². The average Bonchev–Trinajstić information content (AvgIpc) is 2.05. The summed E-state index contributed by atoms with van der Waals surface area (Å²) >= 11 is 0. The summed E-state index contributed by atoms with van der Waals surface area (Å²) in [4.78, 5) is 0. The van der Waals surface area contributed by atoms with Crippen molar-refractivity contribution in [3.63, 3.8) is 0 Å². The molecule has 0 radical (unpaired) electrons. The molecule has 0 saturated heterocycles. The van der Waals surface area contributed by atoms with Gasteiger partial charge in [-0.2, -0.15) is 21.6 Å². The van der Waals surface area contributed by atoms with Crippen LogP contribution in [-0.2, 0) is 23.3 Å². The standard InChI is InChI=1S/C2H3F3O3S.C2H7O2P/c1-8-9(6,7)2(3,4)5;1-3-5-4-2/h1H3;5H,1-2H3. The van der Waals surface area contributed by atoms with E-state index in [4.69, 9.17) is 0 Å². The molecule has 0 heterocycles. The molecule has 0 aliphatic rings. The van der Waals surface area contributed by atoms with E-state index in [1.165, 1.54) is 0 Å². The fraction of sp³-hybridized carbons (Fsp3) is 1.00. The van der Waals surface area contributed by atoms with Gasteiger partial charge in [-0.3, -0.25) is 4.18 Å². The van der Waals surface area contributed by atoms with Crippen LogP contribution in [0.25, 0.3) is 0 Å². The summed E-state index contributed by atoms with van der Waals surface area (Å²) in [5.41, 5.74) is -5.30. The van der Waals surface area contributed by atoms with Gasteiger partial charge in [-0.1, -0.05) is 0 Å². The van der Waals surface area contributed by atoms with Gasteiger partial charge in [0.1, 0.15) is 0 Å². The van der Waals surface area contributed by atoms with E-state index in [9.17, 15) is 21.6 Å². The van der Waals surface area contributed by atoms with Gasteiger partial charge in [0.05, 0.1) is 7.11 Å². The van der Waals surface area contributed by atoms with Crippen molar-refractivity contribution < 1.29 is 34.8 Å². The van der Waals surface area contributed by atoms with E-state index in [1.807, 2.05) is 0 Å². The van der Waals surface area contributed by atoms with Gasteiger partial charge in [0.15, 0.2) is 9.03 Å². The number of rotatable bonds is 3. The van der Waals surface area contributed by atoms with Gasteiger partial charge in [0.25, 0.3) is 0 Å². The molecule has 88 valence electrons. The van der Waals surface area contributed by atoms with E-state index >= 15 is 0 Å². The third kappa shape index (κ3) is 7.45. The van der Waals surface area contributed by atoms with E-state index in [0.29, 0.717) is 7.11 Å². The normalized spacial score (nSPS) is 11.9. The molecule has 0 aromatic carbocycles. The maximum Gasteiger partial charge on any atom is 0.523 e. The SMILES string of the molecule is COPOC.COS(=O)(=O)C(F)(F)F. The van der Waals surface area contributed by atoms with Crippen molar-refractivity contribution in [1.82, 2.24) is 0 Å². The zero-order chi connectivity index (χ0) is 11.8. The maximum atomic E-state index is 11.1. The third-order valence-electron chi connectivity index (χ3n) is 0.670. The number of alkyl halides is 3. The first-order valence-corrected chi connectivity index (χ1v) is 5.13. The predicted molar refractivity (Wildman–Crippen MR) is 44.3 cm³/mol. The van der Waals surface area contributed by atoms with E-state index < -0.39 is 15.6 Å². The van der Waals surface area contributed by atoms with E-state index in [0.717, 1.165) is 0 Å². The topological polar surface area (TPSA) is 61.8 Å². The number of hydrogen-bond acceptors (Lipinski definition) is 5. The summed E-state index contributed by atoms with van der Waals surface area (Å²) in [5, 5.41) is 0. The molecule has 0 amide bonds. The summed E-state index contributed by atoms with van der Waals surface area (Å²) < 4.78 is 64.9. The van der Waals surface area contributed by atoms with E-state index in [-0.39, 0.29) is 9.03 Å². The zero-order valence-corrected chi connectivity index (χ0v) is 9.40. The Bertz CT molecular complexity index is 224. The minimum Gasteiger partial charge on any atom is -0.340 e. The first-order valence-electron chi connectivity index (χ1n) is 2.90.